The van der Waals surface area contributed by atoms with Gasteiger partial charge in [0.1, 0.15) is 0 Å². The second-order valence-electron chi connectivity index (χ2n) is 4.56. The Balaban J connectivity index is 2.35. The highest BCUT2D eigenvalue weighted by Crippen LogP contribution is 2.42. The first-order chi connectivity index (χ1) is 5.04. The minimum Gasteiger partial charge on any atom is -0.327 e. The summed E-state index contributed by atoms with van der Waals surface area (Å²) in [5, 5.41) is 0. The second kappa shape index (κ2) is 3.14. The van der Waals surface area contributed by atoms with Gasteiger partial charge in [0, 0.05) is 6.04 Å². The Labute approximate surface area is 70.4 Å². The molecule has 0 saturated heterocycles. The van der Waals surface area contributed by atoms with Gasteiger partial charge in [-0.2, -0.15) is 0 Å². The van der Waals surface area contributed by atoms with E-state index in [2.05, 4.69) is 27.7 Å². The molecule has 0 spiro atoms. The van der Waals surface area contributed by atoms with Gasteiger partial charge < -0.3 is 5.73 Å². The van der Waals surface area contributed by atoms with Crippen LogP contribution >= 0.6 is 0 Å². The predicted octanol–water partition coefficient (Wildman–Crippen LogP) is 2.26. The molecule has 11 heavy (non-hydrogen) atoms. The van der Waals surface area contributed by atoms with Crippen molar-refractivity contribution in [1.82, 2.24) is 0 Å². The lowest BCUT2D eigenvalue weighted by atomic mass is 9.88. The molecule has 1 rings (SSSR count). The molecule has 66 valence electrons. The fraction of sp³-hybridized carbons (Fsp3) is 1.00. The summed E-state index contributed by atoms with van der Waals surface area (Å²) < 4.78 is 0. The third-order valence-electron chi connectivity index (χ3n) is 3.32. The maximum absolute atomic E-state index is 6.11. The summed E-state index contributed by atoms with van der Waals surface area (Å²) in [6, 6.07) is 0.449. The molecule has 0 aliphatic heterocycles. The molecule has 1 heteroatoms. The SMILES string of the molecule is CC(C)C(C)C(N)C1CC1C. The zero-order valence-corrected chi connectivity index (χ0v) is 8.17. The lowest BCUT2D eigenvalue weighted by molar-refractivity contribution is 0.315. The molecule has 0 radical (unpaired) electrons. The van der Waals surface area contributed by atoms with Crippen LogP contribution in [0, 0.1) is 23.7 Å². The minimum absolute atomic E-state index is 0.449. The third kappa shape index (κ3) is 1.96. The molecular formula is C10H21N. The van der Waals surface area contributed by atoms with Gasteiger partial charge in [0.25, 0.3) is 0 Å². The Bertz CT molecular complexity index is 131. The molecule has 2 N–H and O–H groups in total. The van der Waals surface area contributed by atoms with E-state index in [0.717, 1.165) is 17.8 Å². The summed E-state index contributed by atoms with van der Waals surface area (Å²) in [6.45, 7) is 9.10. The number of rotatable bonds is 3. The summed E-state index contributed by atoms with van der Waals surface area (Å²) in [5.74, 6) is 3.14. The predicted molar refractivity (Wildman–Crippen MR) is 49.2 cm³/mol. The van der Waals surface area contributed by atoms with Gasteiger partial charge in [-0.25, -0.2) is 0 Å². The van der Waals surface area contributed by atoms with E-state index in [1.54, 1.807) is 0 Å². The van der Waals surface area contributed by atoms with Crippen LogP contribution in [0.1, 0.15) is 34.1 Å². The molecule has 1 saturated carbocycles. The van der Waals surface area contributed by atoms with Gasteiger partial charge in [-0.1, -0.05) is 27.7 Å². The average molecular weight is 155 g/mol. The van der Waals surface area contributed by atoms with E-state index in [1.807, 2.05) is 0 Å². The Morgan fingerprint density at radius 1 is 1.27 bits per heavy atom. The van der Waals surface area contributed by atoms with Crippen LogP contribution in [0.15, 0.2) is 0 Å². The molecule has 0 bridgehead atoms. The van der Waals surface area contributed by atoms with Crippen molar-refractivity contribution in [1.29, 1.82) is 0 Å². The van der Waals surface area contributed by atoms with E-state index >= 15 is 0 Å². The fourth-order valence-electron chi connectivity index (χ4n) is 1.72. The van der Waals surface area contributed by atoms with Crippen molar-refractivity contribution in [2.45, 2.75) is 40.2 Å². The van der Waals surface area contributed by atoms with Crippen LogP contribution in [0.5, 0.6) is 0 Å². The molecule has 0 amide bonds. The van der Waals surface area contributed by atoms with E-state index in [-0.39, 0.29) is 0 Å². The van der Waals surface area contributed by atoms with Crippen molar-refractivity contribution in [2.24, 2.45) is 29.4 Å². The molecule has 0 aromatic rings. The Morgan fingerprint density at radius 3 is 2.00 bits per heavy atom. The smallest absolute Gasteiger partial charge is 0.00980 e. The van der Waals surface area contributed by atoms with E-state index in [0.29, 0.717) is 12.0 Å². The third-order valence-corrected chi connectivity index (χ3v) is 3.32. The van der Waals surface area contributed by atoms with Gasteiger partial charge in [-0.15, -0.1) is 0 Å². The van der Waals surface area contributed by atoms with Crippen molar-refractivity contribution in [3.8, 4) is 0 Å². The minimum atomic E-state index is 0.449. The number of nitrogens with two attached hydrogens (primary N) is 1. The van der Waals surface area contributed by atoms with Gasteiger partial charge >= 0.3 is 0 Å². The normalized spacial score (nSPS) is 35.5. The summed E-state index contributed by atoms with van der Waals surface area (Å²) in [7, 11) is 0. The van der Waals surface area contributed by atoms with E-state index in [4.69, 9.17) is 5.73 Å². The highest BCUT2D eigenvalue weighted by atomic mass is 14.7. The van der Waals surface area contributed by atoms with Crippen LogP contribution in [0.3, 0.4) is 0 Å². The van der Waals surface area contributed by atoms with Crippen LogP contribution in [0.4, 0.5) is 0 Å². The first kappa shape index (κ1) is 9.05. The lowest BCUT2D eigenvalue weighted by Gasteiger charge is -2.23. The van der Waals surface area contributed by atoms with Crippen LogP contribution in [0.25, 0.3) is 0 Å². The van der Waals surface area contributed by atoms with Crippen LogP contribution in [-0.4, -0.2) is 6.04 Å². The quantitative estimate of drug-likeness (QED) is 0.664. The van der Waals surface area contributed by atoms with E-state index in [1.165, 1.54) is 6.42 Å². The summed E-state index contributed by atoms with van der Waals surface area (Å²) in [6.07, 6.45) is 1.36. The molecular weight excluding hydrogens is 134 g/mol. The molecule has 4 atom stereocenters. The van der Waals surface area contributed by atoms with Crippen LogP contribution in [-0.2, 0) is 0 Å². The molecule has 1 aliphatic rings. The zero-order chi connectivity index (χ0) is 8.59. The molecule has 1 fully saturated rings. The monoisotopic (exact) mass is 155 g/mol. The van der Waals surface area contributed by atoms with Gasteiger partial charge in [0.2, 0.25) is 0 Å². The van der Waals surface area contributed by atoms with Crippen molar-refractivity contribution in [2.75, 3.05) is 0 Å². The number of hydrogen-bond donors (Lipinski definition) is 1. The van der Waals surface area contributed by atoms with Gasteiger partial charge in [0.05, 0.1) is 0 Å². The first-order valence-corrected chi connectivity index (χ1v) is 4.79. The van der Waals surface area contributed by atoms with Crippen molar-refractivity contribution < 1.29 is 0 Å². The fourth-order valence-corrected chi connectivity index (χ4v) is 1.72. The van der Waals surface area contributed by atoms with Gasteiger partial charge in [0.15, 0.2) is 0 Å². The second-order valence-corrected chi connectivity index (χ2v) is 4.56. The van der Waals surface area contributed by atoms with Gasteiger partial charge in [-0.3, -0.25) is 0 Å². The first-order valence-electron chi connectivity index (χ1n) is 4.79. The average Bonchev–Trinajstić information content (AvgIpc) is 2.63. The maximum atomic E-state index is 6.11. The summed E-state index contributed by atoms with van der Waals surface area (Å²) in [5.41, 5.74) is 6.11. The topological polar surface area (TPSA) is 26.0 Å². The molecule has 0 aromatic heterocycles. The highest BCUT2D eigenvalue weighted by molar-refractivity contribution is 4.93. The molecule has 1 nitrogen and oxygen atoms in total. The van der Waals surface area contributed by atoms with Gasteiger partial charge in [-0.05, 0) is 30.1 Å². The van der Waals surface area contributed by atoms with E-state index in [9.17, 15) is 0 Å². The summed E-state index contributed by atoms with van der Waals surface area (Å²) >= 11 is 0. The van der Waals surface area contributed by atoms with Crippen LogP contribution in [0.2, 0.25) is 0 Å². The summed E-state index contributed by atoms with van der Waals surface area (Å²) in [4.78, 5) is 0. The Morgan fingerprint density at radius 2 is 1.73 bits per heavy atom. The van der Waals surface area contributed by atoms with E-state index < -0.39 is 0 Å². The molecule has 0 aromatic carbocycles. The molecule has 1 aliphatic carbocycles. The van der Waals surface area contributed by atoms with Crippen molar-refractivity contribution >= 4 is 0 Å². The lowest BCUT2D eigenvalue weighted by Crippen LogP contribution is -2.33. The zero-order valence-electron chi connectivity index (χ0n) is 8.17. The Kier molecular flexibility index (Phi) is 2.58. The molecule has 4 unspecified atom stereocenters. The largest absolute Gasteiger partial charge is 0.327 e. The highest BCUT2D eigenvalue weighted by Gasteiger charge is 2.40. The Hall–Kier alpha value is -0.0400. The van der Waals surface area contributed by atoms with Crippen LogP contribution < -0.4 is 5.73 Å². The standard InChI is InChI=1S/C10H21N/c1-6(2)8(4)10(11)9-5-7(9)3/h6-10H,5,11H2,1-4H3. The van der Waals surface area contributed by atoms with Crippen molar-refractivity contribution in [3.63, 3.8) is 0 Å². The molecule has 0 heterocycles. The van der Waals surface area contributed by atoms with Crippen molar-refractivity contribution in [3.05, 3.63) is 0 Å². The maximum Gasteiger partial charge on any atom is 0.00980 e. The number of hydrogen-bond acceptors (Lipinski definition) is 1.